The molecule has 0 bridgehead atoms. The Balaban J connectivity index is 1.14. The van der Waals surface area contributed by atoms with Crippen LogP contribution in [0.2, 0.25) is 0 Å². The lowest BCUT2D eigenvalue weighted by Gasteiger charge is -2.37. The normalized spacial score (nSPS) is 17.3. The van der Waals surface area contributed by atoms with Gasteiger partial charge >= 0.3 is 6.09 Å². The summed E-state index contributed by atoms with van der Waals surface area (Å²) in [5, 5.41) is 6.52. The zero-order valence-electron chi connectivity index (χ0n) is 27.2. The van der Waals surface area contributed by atoms with E-state index in [0.29, 0.717) is 18.8 Å². The van der Waals surface area contributed by atoms with E-state index in [1.54, 1.807) is 11.1 Å². The summed E-state index contributed by atoms with van der Waals surface area (Å²) >= 11 is 0. The molecule has 10 nitrogen and oxygen atoms in total. The number of likely N-dealkylation sites (tertiary alicyclic amines) is 1. The summed E-state index contributed by atoms with van der Waals surface area (Å²) in [5.41, 5.74) is 2.74. The summed E-state index contributed by atoms with van der Waals surface area (Å²) in [5.74, 6) is 0.738. The monoisotopic (exact) mass is 629 g/mol. The van der Waals surface area contributed by atoms with Crippen LogP contribution >= 0.6 is 0 Å². The average Bonchev–Trinajstić information content (AvgIpc) is 3.57. The minimum absolute atomic E-state index is 0.00764. The van der Waals surface area contributed by atoms with Crippen molar-refractivity contribution >= 4 is 23.6 Å². The summed E-state index contributed by atoms with van der Waals surface area (Å²) in [7, 11) is 0. The van der Waals surface area contributed by atoms with Crippen LogP contribution < -0.4 is 10.3 Å². The SMILES string of the molecule is CCN(CC)C(=O)[C@@H]1CCCN(Cc2ccc(C(=O)NCCOC(=O)N(c3ccccc3-c3ccccc3)N3CCCCC3)o2)C1. The van der Waals surface area contributed by atoms with Crippen molar-refractivity contribution in [2.75, 3.05) is 57.4 Å². The molecule has 10 heteroatoms. The standard InChI is InChI=1S/C36H47N5O5/c1-3-39(4-2)35(43)29-16-13-22-38(26-29)27-30-19-20-33(46-30)34(42)37-21-25-45-36(44)41(40-23-11-6-12-24-40)32-18-10-9-17-31(32)28-14-7-5-8-15-28/h5,7-10,14-15,17-20,29H,3-4,6,11-13,16,21-27H2,1-2H3,(H,37,42)/t29-/m1/s1. The number of nitrogens with zero attached hydrogens (tertiary/aromatic N) is 4. The number of rotatable bonds is 12. The van der Waals surface area contributed by atoms with Crippen molar-refractivity contribution in [2.45, 2.75) is 52.5 Å². The van der Waals surface area contributed by atoms with Gasteiger partial charge in [-0.2, -0.15) is 0 Å². The number of benzene rings is 2. The molecule has 2 fully saturated rings. The largest absolute Gasteiger partial charge is 0.455 e. The van der Waals surface area contributed by atoms with Crippen molar-refractivity contribution in [1.29, 1.82) is 0 Å². The number of piperidine rings is 2. The van der Waals surface area contributed by atoms with Gasteiger partial charge in [-0.1, -0.05) is 55.0 Å². The van der Waals surface area contributed by atoms with E-state index in [9.17, 15) is 14.4 Å². The first-order valence-corrected chi connectivity index (χ1v) is 16.7. The Morgan fingerprint density at radius 2 is 1.63 bits per heavy atom. The zero-order chi connectivity index (χ0) is 32.3. The second kappa shape index (κ2) is 16.4. The number of nitrogens with one attached hydrogen (secondary N) is 1. The van der Waals surface area contributed by atoms with Crippen LogP contribution in [0.4, 0.5) is 10.5 Å². The van der Waals surface area contributed by atoms with Gasteiger partial charge in [0.2, 0.25) is 5.91 Å². The Kier molecular flexibility index (Phi) is 11.9. The molecular weight excluding hydrogens is 582 g/mol. The lowest BCUT2D eigenvalue weighted by atomic mass is 9.96. The van der Waals surface area contributed by atoms with Crippen molar-refractivity contribution in [3.8, 4) is 11.1 Å². The Hall–Kier alpha value is -4.15. The average molecular weight is 630 g/mol. The number of hydrazine groups is 1. The number of para-hydroxylation sites is 1. The Morgan fingerprint density at radius 1 is 0.891 bits per heavy atom. The molecule has 0 aliphatic carbocycles. The second-order valence-corrected chi connectivity index (χ2v) is 11.9. The van der Waals surface area contributed by atoms with E-state index in [0.717, 1.165) is 81.6 Å². The van der Waals surface area contributed by atoms with Crippen molar-refractivity contribution in [3.63, 3.8) is 0 Å². The van der Waals surface area contributed by atoms with Crippen LogP contribution in [0.5, 0.6) is 0 Å². The molecule has 2 aromatic carbocycles. The molecule has 246 valence electrons. The van der Waals surface area contributed by atoms with Crippen molar-refractivity contribution in [2.24, 2.45) is 5.92 Å². The van der Waals surface area contributed by atoms with E-state index < -0.39 is 6.09 Å². The highest BCUT2D eigenvalue weighted by Gasteiger charge is 2.30. The van der Waals surface area contributed by atoms with E-state index in [2.05, 4.69) is 15.2 Å². The van der Waals surface area contributed by atoms with Crippen molar-refractivity contribution in [1.82, 2.24) is 20.1 Å². The smallest absolute Gasteiger partial charge is 0.429 e. The lowest BCUT2D eigenvalue weighted by Crippen LogP contribution is -2.50. The summed E-state index contributed by atoms with van der Waals surface area (Å²) in [6.45, 7) is 9.29. The minimum atomic E-state index is -0.473. The van der Waals surface area contributed by atoms with Gasteiger partial charge in [0.25, 0.3) is 5.91 Å². The third-order valence-corrected chi connectivity index (χ3v) is 8.81. The molecule has 1 aromatic heterocycles. The molecule has 0 spiro atoms. The summed E-state index contributed by atoms with van der Waals surface area (Å²) in [4.78, 5) is 43.4. The van der Waals surface area contributed by atoms with Gasteiger partial charge in [0.15, 0.2) is 5.76 Å². The molecule has 3 heterocycles. The van der Waals surface area contributed by atoms with Gasteiger partial charge in [-0.25, -0.2) is 14.8 Å². The fraction of sp³-hybridized carbons (Fsp3) is 0.472. The van der Waals surface area contributed by atoms with Crippen LogP contribution in [-0.2, 0) is 16.1 Å². The lowest BCUT2D eigenvalue weighted by molar-refractivity contribution is -0.137. The molecule has 2 aliphatic heterocycles. The van der Waals surface area contributed by atoms with Crippen molar-refractivity contribution in [3.05, 3.63) is 78.3 Å². The minimum Gasteiger partial charge on any atom is -0.455 e. The van der Waals surface area contributed by atoms with Gasteiger partial charge in [0.05, 0.1) is 24.7 Å². The summed E-state index contributed by atoms with van der Waals surface area (Å²) in [6, 6.07) is 21.4. The number of amides is 3. The highest BCUT2D eigenvalue weighted by Crippen LogP contribution is 2.33. The number of anilines is 1. The number of carbonyl (C=O) groups is 3. The van der Waals surface area contributed by atoms with Gasteiger partial charge in [-0.15, -0.1) is 0 Å². The van der Waals surface area contributed by atoms with E-state index >= 15 is 0 Å². The van der Waals surface area contributed by atoms with Crippen molar-refractivity contribution < 1.29 is 23.5 Å². The number of carbonyl (C=O) groups excluding carboxylic acids is 3. The Bertz CT molecular complexity index is 1430. The third-order valence-electron chi connectivity index (χ3n) is 8.81. The van der Waals surface area contributed by atoms with Crippen LogP contribution in [-0.4, -0.2) is 85.1 Å². The fourth-order valence-electron chi connectivity index (χ4n) is 6.41. The maximum absolute atomic E-state index is 13.6. The Labute approximate surface area is 272 Å². The maximum Gasteiger partial charge on any atom is 0.429 e. The summed E-state index contributed by atoms with van der Waals surface area (Å²) < 4.78 is 11.6. The number of hydrogen-bond donors (Lipinski definition) is 1. The molecule has 0 saturated carbocycles. The molecular formula is C36H47N5O5. The number of furan rings is 1. The second-order valence-electron chi connectivity index (χ2n) is 11.9. The Morgan fingerprint density at radius 3 is 2.39 bits per heavy atom. The van der Waals surface area contributed by atoms with Gasteiger partial charge in [0, 0.05) is 38.3 Å². The topological polar surface area (TPSA) is 98.6 Å². The number of hydrogen-bond acceptors (Lipinski definition) is 7. The molecule has 2 aliphatic rings. The molecule has 1 atom stereocenters. The molecule has 0 unspecified atom stereocenters. The zero-order valence-corrected chi connectivity index (χ0v) is 27.2. The molecule has 0 radical (unpaired) electrons. The van der Waals surface area contributed by atoms with E-state index in [1.165, 1.54) is 0 Å². The quantitative estimate of drug-likeness (QED) is 0.253. The van der Waals surface area contributed by atoms with Crippen LogP contribution in [0.25, 0.3) is 11.1 Å². The first-order chi connectivity index (χ1) is 22.5. The first kappa shape index (κ1) is 33.2. The van der Waals surface area contributed by atoms with Gasteiger partial charge in [0.1, 0.15) is 12.4 Å². The fourth-order valence-corrected chi connectivity index (χ4v) is 6.41. The summed E-state index contributed by atoms with van der Waals surface area (Å²) in [6.07, 6.45) is 4.53. The van der Waals surface area contributed by atoms with E-state index in [4.69, 9.17) is 9.15 Å². The first-order valence-electron chi connectivity index (χ1n) is 16.7. The molecule has 3 aromatic rings. The van der Waals surface area contributed by atoms with E-state index in [1.807, 2.05) is 79.4 Å². The molecule has 1 N–H and O–H groups in total. The molecule has 5 rings (SSSR count). The highest BCUT2D eigenvalue weighted by molar-refractivity contribution is 5.93. The predicted molar refractivity (Wildman–Crippen MR) is 178 cm³/mol. The van der Waals surface area contributed by atoms with Gasteiger partial charge in [-0.3, -0.25) is 14.5 Å². The molecule has 3 amide bonds. The molecule has 46 heavy (non-hydrogen) atoms. The van der Waals surface area contributed by atoms with Gasteiger partial charge in [-0.05, 0) is 69.8 Å². The third kappa shape index (κ3) is 8.35. The molecule has 2 saturated heterocycles. The van der Waals surface area contributed by atoms with Crippen LogP contribution in [0, 0.1) is 5.92 Å². The number of ether oxygens (including phenoxy) is 1. The van der Waals surface area contributed by atoms with Crippen LogP contribution in [0.1, 0.15) is 62.3 Å². The van der Waals surface area contributed by atoms with Crippen LogP contribution in [0.15, 0.2) is 71.1 Å². The van der Waals surface area contributed by atoms with Gasteiger partial charge < -0.3 is 19.4 Å². The highest BCUT2D eigenvalue weighted by atomic mass is 16.6. The van der Waals surface area contributed by atoms with E-state index in [-0.39, 0.29) is 36.6 Å². The van der Waals surface area contributed by atoms with Crippen LogP contribution in [0.3, 0.4) is 0 Å². The predicted octanol–water partition coefficient (Wildman–Crippen LogP) is 5.80. The maximum atomic E-state index is 13.6.